The average molecular weight is 638 g/mol. The van der Waals surface area contributed by atoms with E-state index in [9.17, 15) is 21.0 Å². The Morgan fingerprint density at radius 1 is 0.578 bits per heavy atom. The molecule has 0 amide bonds. The number of para-hydroxylation sites is 2. The van der Waals surface area contributed by atoms with Gasteiger partial charge in [0.1, 0.15) is 46.5 Å². The standard InChI is InChI=1S/C31H14N7S.C5H5.Fe/c32-15-20(16-33)28(19-7-1-2-8-19)29(21(17-34)18-35)24-13-14-27(31-30(24)36-39-37-31)38-25-11-5-3-9-22(25)23-10-4-6-12-26(23)38;1-2-4-5-3-1;/h1-14H;1-5H;/q;;+2. The second kappa shape index (κ2) is 14.3. The monoisotopic (exact) mass is 637 g/mol. The first-order chi connectivity index (χ1) is 21.7. The quantitative estimate of drug-likeness (QED) is 0.115. The van der Waals surface area contributed by atoms with Crippen LogP contribution >= 0.6 is 11.7 Å². The fourth-order valence-electron chi connectivity index (χ4n) is 5.36. The molecule has 7 nitrogen and oxygen atoms in total. The number of benzene rings is 3. The molecular weight excluding hydrogens is 618 g/mol. The molecule has 2 saturated carbocycles. The molecule has 2 aliphatic rings. The molecule has 0 unspecified atom stereocenters. The van der Waals surface area contributed by atoms with Crippen LogP contribution in [0.15, 0.2) is 77.4 Å². The van der Waals surface area contributed by atoms with Gasteiger partial charge in [0.25, 0.3) is 0 Å². The first-order valence-corrected chi connectivity index (χ1v) is 14.2. The van der Waals surface area contributed by atoms with Crippen LogP contribution in [-0.2, 0) is 17.1 Å². The Balaban J connectivity index is 0.000000609. The van der Waals surface area contributed by atoms with Crippen molar-refractivity contribution in [2.45, 2.75) is 0 Å². The van der Waals surface area contributed by atoms with Crippen LogP contribution in [-0.4, -0.2) is 13.3 Å². The van der Waals surface area contributed by atoms with Crippen LogP contribution in [0.3, 0.4) is 0 Å². The van der Waals surface area contributed by atoms with E-state index in [0.29, 0.717) is 22.5 Å². The van der Waals surface area contributed by atoms with Crippen molar-refractivity contribution in [2.75, 3.05) is 0 Å². The zero-order chi connectivity index (χ0) is 30.5. The molecule has 45 heavy (non-hydrogen) atoms. The molecule has 0 spiro atoms. The van der Waals surface area contributed by atoms with Crippen molar-refractivity contribution in [1.82, 2.24) is 13.3 Å². The molecule has 0 saturated heterocycles. The molecule has 3 aromatic carbocycles. The molecular formula is C36H19FeN7S+2. The second-order valence-corrected chi connectivity index (χ2v) is 10.1. The number of fused-ring (bicyclic) bond motifs is 4. The zero-order valence-corrected chi connectivity index (χ0v) is 25.3. The molecule has 10 radical (unpaired) electrons. The number of allylic oxidation sites excluding steroid dienone is 4. The minimum atomic E-state index is -0.229. The maximum absolute atomic E-state index is 9.94. The van der Waals surface area contributed by atoms with E-state index in [1.807, 2.05) is 98.8 Å². The second-order valence-electron chi connectivity index (χ2n) is 9.55. The smallest absolute Gasteiger partial charge is 0.307 e. The third kappa shape index (κ3) is 5.88. The van der Waals surface area contributed by atoms with Gasteiger partial charge in [0.05, 0.1) is 28.4 Å². The number of aromatic nitrogens is 3. The maximum Gasteiger partial charge on any atom is 2.00 e. The van der Waals surface area contributed by atoms with Crippen molar-refractivity contribution >= 4 is 50.1 Å². The minimum absolute atomic E-state index is 0. The summed E-state index contributed by atoms with van der Waals surface area (Å²) >= 11 is 1.01. The van der Waals surface area contributed by atoms with Crippen molar-refractivity contribution in [1.29, 1.82) is 21.0 Å². The van der Waals surface area contributed by atoms with Crippen LogP contribution in [0.1, 0.15) is 5.56 Å². The van der Waals surface area contributed by atoms with Crippen LogP contribution in [0, 0.1) is 109 Å². The van der Waals surface area contributed by atoms with E-state index >= 15 is 0 Å². The van der Waals surface area contributed by atoms with Gasteiger partial charge in [-0.1, -0.05) is 36.4 Å². The van der Waals surface area contributed by atoms with Gasteiger partial charge in [-0.15, -0.1) is 0 Å². The fourth-order valence-corrected chi connectivity index (χ4v) is 5.93. The van der Waals surface area contributed by atoms with Crippen LogP contribution in [0.25, 0.3) is 44.1 Å². The van der Waals surface area contributed by atoms with Crippen LogP contribution in [0.4, 0.5) is 0 Å². The SMILES string of the molecule is N#CC(C#N)=C([C]1[CH][CH][CH][CH]1)C(=C(C#N)C#N)c1ccc(-n2c3ccccc3c3ccccc32)c2nsnc12.[CH]1[CH][CH][CH][CH]1.[Fe+2]. The van der Waals surface area contributed by atoms with E-state index in [-0.39, 0.29) is 39.4 Å². The molecule has 0 aliphatic heterocycles. The van der Waals surface area contributed by atoms with Gasteiger partial charge in [0.2, 0.25) is 0 Å². The van der Waals surface area contributed by atoms with Crippen molar-refractivity contribution in [3.8, 4) is 30.0 Å². The van der Waals surface area contributed by atoms with E-state index in [0.717, 1.165) is 39.2 Å². The largest absolute Gasteiger partial charge is 2.00 e. The number of nitriles is 4. The Kier molecular flexibility index (Phi) is 10.1. The van der Waals surface area contributed by atoms with Crippen molar-refractivity contribution in [3.63, 3.8) is 0 Å². The van der Waals surface area contributed by atoms with Crippen LogP contribution in [0.2, 0.25) is 0 Å². The van der Waals surface area contributed by atoms with Gasteiger partial charge in [0, 0.05) is 27.8 Å². The van der Waals surface area contributed by atoms with E-state index in [2.05, 4.69) is 25.4 Å². The third-order valence-corrected chi connectivity index (χ3v) is 7.72. The van der Waals surface area contributed by atoms with Crippen LogP contribution in [0.5, 0.6) is 0 Å². The van der Waals surface area contributed by atoms with Gasteiger partial charge in [-0.3, -0.25) is 0 Å². The predicted octanol–water partition coefficient (Wildman–Crippen LogP) is 7.36. The van der Waals surface area contributed by atoms with E-state index in [4.69, 9.17) is 0 Å². The van der Waals surface area contributed by atoms with Gasteiger partial charge in [-0.2, -0.15) is 29.8 Å². The van der Waals surface area contributed by atoms with Gasteiger partial charge >= 0.3 is 17.1 Å². The summed E-state index contributed by atoms with van der Waals surface area (Å²) < 4.78 is 11.3. The topological polar surface area (TPSA) is 126 Å². The maximum atomic E-state index is 9.94. The molecule has 2 aromatic heterocycles. The molecule has 210 valence electrons. The Labute approximate surface area is 277 Å². The fraction of sp³-hybridized carbons (Fsp3) is 0. The number of hydrogen-bond donors (Lipinski definition) is 0. The van der Waals surface area contributed by atoms with Crippen molar-refractivity contribution < 1.29 is 17.1 Å². The molecule has 7 rings (SSSR count). The molecule has 2 fully saturated rings. The molecule has 0 atom stereocenters. The summed E-state index contributed by atoms with van der Waals surface area (Å²) in [7, 11) is 0. The van der Waals surface area contributed by atoms with E-state index < -0.39 is 0 Å². The predicted molar refractivity (Wildman–Crippen MR) is 170 cm³/mol. The summed E-state index contributed by atoms with van der Waals surface area (Å²) in [6.07, 6.45) is 17.0. The Hall–Kier alpha value is -4.76. The summed E-state index contributed by atoms with van der Waals surface area (Å²) in [5, 5.41) is 41.7. The molecule has 2 aliphatic carbocycles. The van der Waals surface area contributed by atoms with Gasteiger partial charge in [-0.25, -0.2) is 0 Å². The molecule has 0 bridgehead atoms. The average Bonchev–Trinajstić information content (AvgIpc) is 3.91. The normalized spacial score (nSPS) is 14.0. The third-order valence-electron chi connectivity index (χ3n) is 7.19. The van der Waals surface area contributed by atoms with Crippen molar-refractivity contribution in [2.24, 2.45) is 0 Å². The summed E-state index contributed by atoms with van der Waals surface area (Å²) in [4.78, 5) is 0. The van der Waals surface area contributed by atoms with E-state index in [1.54, 1.807) is 31.7 Å². The van der Waals surface area contributed by atoms with Crippen LogP contribution < -0.4 is 0 Å². The molecule has 9 heteroatoms. The Bertz CT molecular complexity index is 2020. The zero-order valence-electron chi connectivity index (χ0n) is 23.4. The van der Waals surface area contributed by atoms with Gasteiger partial charge in [-0.05, 0) is 87.6 Å². The number of hydrogen-bond acceptors (Lipinski definition) is 7. The molecule has 2 heterocycles. The molecule has 0 N–H and O–H groups in total. The number of nitrogens with zero attached hydrogens (tertiary/aromatic N) is 7. The summed E-state index contributed by atoms with van der Waals surface area (Å²) in [5.74, 6) is 0.550. The van der Waals surface area contributed by atoms with Gasteiger partial charge < -0.3 is 4.57 Å². The molecule has 5 aromatic rings. The summed E-state index contributed by atoms with van der Waals surface area (Å²) in [6, 6.07) is 27.7. The Morgan fingerprint density at radius 3 is 1.60 bits per heavy atom. The number of rotatable bonds is 4. The first kappa shape index (κ1) is 31.7. The Morgan fingerprint density at radius 2 is 1.07 bits per heavy atom. The van der Waals surface area contributed by atoms with Gasteiger partial charge in [0.15, 0.2) is 0 Å². The first-order valence-electron chi connectivity index (χ1n) is 13.4. The summed E-state index contributed by atoms with van der Waals surface area (Å²) in [6.45, 7) is 0. The van der Waals surface area contributed by atoms with E-state index in [1.165, 1.54) is 0 Å². The summed E-state index contributed by atoms with van der Waals surface area (Å²) in [5.41, 5.74) is 4.23. The van der Waals surface area contributed by atoms with Crippen molar-refractivity contribution in [3.05, 3.63) is 147 Å². The minimum Gasteiger partial charge on any atom is -0.307 e.